The van der Waals surface area contributed by atoms with Gasteiger partial charge in [-0.15, -0.1) is 0 Å². The van der Waals surface area contributed by atoms with Gasteiger partial charge in [-0.25, -0.2) is 0 Å². The Morgan fingerprint density at radius 3 is 2.88 bits per heavy atom. The van der Waals surface area contributed by atoms with Crippen LogP contribution in [-0.4, -0.2) is 62.2 Å². The lowest BCUT2D eigenvalue weighted by molar-refractivity contribution is 0.197. The summed E-state index contributed by atoms with van der Waals surface area (Å²) >= 11 is 0. The summed E-state index contributed by atoms with van der Waals surface area (Å²) in [5.41, 5.74) is 0. The second-order valence-electron chi connectivity index (χ2n) is 4.76. The van der Waals surface area contributed by atoms with Crippen molar-refractivity contribution in [2.24, 2.45) is 0 Å². The van der Waals surface area contributed by atoms with Gasteiger partial charge in [0.2, 0.25) is 0 Å². The fourth-order valence-electron chi connectivity index (χ4n) is 2.32. The molecule has 0 aliphatic carbocycles. The number of likely N-dealkylation sites (N-methyl/N-ethyl adjacent to an activating group) is 1. The van der Waals surface area contributed by atoms with Gasteiger partial charge in [0.1, 0.15) is 0 Å². The van der Waals surface area contributed by atoms with Gasteiger partial charge in [-0.05, 0) is 47.0 Å². The molecule has 1 heterocycles. The summed E-state index contributed by atoms with van der Waals surface area (Å²) in [6, 6.07) is 2.88. The summed E-state index contributed by atoms with van der Waals surface area (Å²) in [5.74, 6) is 0. The lowest BCUT2D eigenvalue weighted by atomic mass is 10.2. The van der Waals surface area contributed by atoms with E-state index in [4.69, 9.17) is 5.26 Å². The molecule has 4 nitrogen and oxygen atoms in total. The van der Waals surface area contributed by atoms with E-state index in [0.717, 1.165) is 26.1 Å². The highest BCUT2D eigenvalue weighted by molar-refractivity contribution is 4.89. The molecular formula is C12H24N4. The minimum Gasteiger partial charge on any atom is -0.305 e. The van der Waals surface area contributed by atoms with E-state index in [1.54, 1.807) is 0 Å². The molecular weight excluding hydrogens is 200 g/mol. The summed E-state index contributed by atoms with van der Waals surface area (Å²) in [5, 5.41) is 11.9. The summed E-state index contributed by atoms with van der Waals surface area (Å²) in [6.07, 6.45) is 2.15. The Morgan fingerprint density at radius 1 is 1.50 bits per heavy atom. The summed E-state index contributed by atoms with van der Waals surface area (Å²) in [6.45, 7) is 6.79. The summed E-state index contributed by atoms with van der Waals surface area (Å²) < 4.78 is 0. The maximum absolute atomic E-state index is 8.88. The van der Waals surface area contributed by atoms with Crippen LogP contribution >= 0.6 is 0 Å². The van der Waals surface area contributed by atoms with E-state index in [1.807, 2.05) is 7.05 Å². The van der Waals surface area contributed by atoms with E-state index < -0.39 is 0 Å². The molecule has 1 aliphatic heterocycles. The maximum Gasteiger partial charge on any atom is 0.0962 e. The third kappa shape index (κ3) is 4.09. The third-order valence-electron chi connectivity index (χ3n) is 3.39. The van der Waals surface area contributed by atoms with Crippen molar-refractivity contribution in [3.05, 3.63) is 0 Å². The normalized spacial score (nSPS) is 26.0. The Hall–Kier alpha value is -0.630. The molecule has 16 heavy (non-hydrogen) atoms. The quantitative estimate of drug-likeness (QED) is 0.756. The first-order valence-electron chi connectivity index (χ1n) is 6.17. The van der Waals surface area contributed by atoms with Crippen LogP contribution in [0.3, 0.4) is 0 Å². The van der Waals surface area contributed by atoms with Gasteiger partial charge in [0.05, 0.1) is 12.1 Å². The van der Waals surface area contributed by atoms with E-state index in [-0.39, 0.29) is 6.04 Å². The molecule has 0 aromatic rings. The molecule has 0 radical (unpaired) electrons. The van der Waals surface area contributed by atoms with E-state index in [0.29, 0.717) is 6.04 Å². The smallest absolute Gasteiger partial charge is 0.0962 e. The minimum absolute atomic E-state index is 0.00631. The first kappa shape index (κ1) is 13.4. The largest absolute Gasteiger partial charge is 0.305 e. The van der Waals surface area contributed by atoms with Gasteiger partial charge in [0.25, 0.3) is 0 Å². The third-order valence-corrected chi connectivity index (χ3v) is 3.39. The topological polar surface area (TPSA) is 42.3 Å². The Labute approximate surface area is 99.2 Å². The average molecular weight is 224 g/mol. The van der Waals surface area contributed by atoms with E-state index in [2.05, 4.69) is 35.2 Å². The van der Waals surface area contributed by atoms with Crippen molar-refractivity contribution in [3.63, 3.8) is 0 Å². The molecule has 1 saturated heterocycles. The number of nitrogens with zero attached hydrogens (tertiary/aromatic N) is 3. The fourth-order valence-corrected chi connectivity index (χ4v) is 2.32. The molecule has 0 amide bonds. The zero-order chi connectivity index (χ0) is 12.0. The van der Waals surface area contributed by atoms with Crippen molar-refractivity contribution in [1.82, 2.24) is 15.1 Å². The molecule has 92 valence electrons. The molecule has 0 bridgehead atoms. The van der Waals surface area contributed by atoms with E-state index in [1.165, 1.54) is 13.0 Å². The van der Waals surface area contributed by atoms with E-state index in [9.17, 15) is 0 Å². The number of rotatable bonds is 4. The molecule has 4 heteroatoms. The number of hydrogen-bond donors (Lipinski definition) is 1. The average Bonchev–Trinajstić information content (AvgIpc) is 2.42. The Morgan fingerprint density at radius 2 is 2.25 bits per heavy atom. The molecule has 0 aromatic heterocycles. The van der Waals surface area contributed by atoms with Gasteiger partial charge < -0.3 is 10.2 Å². The van der Waals surface area contributed by atoms with Gasteiger partial charge in [0.15, 0.2) is 0 Å². The molecule has 2 atom stereocenters. The number of hydrogen-bond acceptors (Lipinski definition) is 4. The SMILES string of the molecule is CNC(C#N)CCN1CCCN(C)CC1C. The lowest BCUT2D eigenvalue weighted by Gasteiger charge is -2.28. The summed E-state index contributed by atoms with van der Waals surface area (Å²) in [7, 11) is 4.04. The zero-order valence-electron chi connectivity index (χ0n) is 10.7. The van der Waals surface area contributed by atoms with Gasteiger partial charge >= 0.3 is 0 Å². The van der Waals surface area contributed by atoms with Crippen LogP contribution in [0.15, 0.2) is 0 Å². The molecule has 1 aliphatic rings. The number of nitrogens with one attached hydrogen (secondary N) is 1. The van der Waals surface area contributed by atoms with Crippen molar-refractivity contribution in [2.75, 3.05) is 40.3 Å². The van der Waals surface area contributed by atoms with Crippen LogP contribution in [0.2, 0.25) is 0 Å². The van der Waals surface area contributed by atoms with Gasteiger partial charge in [-0.3, -0.25) is 4.90 Å². The molecule has 0 saturated carbocycles. The minimum atomic E-state index is -0.00631. The van der Waals surface area contributed by atoms with Crippen LogP contribution in [0.1, 0.15) is 19.8 Å². The van der Waals surface area contributed by atoms with Crippen LogP contribution in [0.5, 0.6) is 0 Å². The highest BCUT2D eigenvalue weighted by Gasteiger charge is 2.19. The summed E-state index contributed by atoms with van der Waals surface area (Å²) in [4.78, 5) is 4.90. The number of nitriles is 1. The second kappa shape index (κ2) is 6.85. The first-order chi connectivity index (χ1) is 7.67. The monoisotopic (exact) mass is 224 g/mol. The first-order valence-corrected chi connectivity index (χ1v) is 6.17. The van der Waals surface area contributed by atoms with Crippen molar-refractivity contribution in [1.29, 1.82) is 5.26 Å². The fraction of sp³-hybridized carbons (Fsp3) is 0.917. The molecule has 1 fully saturated rings. The molecule has 1 rings (SSSR count). The molecule has 1 N–H and O–H groups in total. The van der Waals surface area contributed by atoms with Gasteiger partial charge in [-0.2, -0.15) is 5.26 Å². The predicted octanol–water partition coefficient (Wildman–Crippen LogP) is 0.514. The van der Waals surface area contributed by atoms with Gasteiger partial charge in [-0.1, -0.05) is 0 Å². The maximum atomic E-state index is 8.88. The Bertz CT molecular complexity index is 236. The molecule has 0 aromatic carbocycles. The van der Waals surface area contributed by atoms with E-state index >= 15 is 0 Å². The second-order valence-corrected chi connectivity index (χ2v) is 4.76. The standard InChI is InChI=1S/C12H24N4/c1-11-10-15(3)6-4-7-16(11)8-5-12(9-13)14-2/h11-12,14H,4-8,10H2,1-3H3. The van der Waals surface area contributed by atoms with Crippen molar-refractivity contribution in [3.8, 4) is 6.07 Å². The van der Waals surface area contributed by atoms with Gasteiger partial charge in [0, 0.05) is 19.1 Å². The predicted molar refractivity (Wildman–Crippen MR) is 66.2 cm³/mol. The highest BCUT2D eigenvalue weighted by atomic mass is 15.2. The van der Waals surface area contributed by atoms with Crippen molar-refractivity contribution >= 4 is 0 Å². The van der Waals surface area contributed by atoms with Crippen LogP contribution in [0.4, 0.5) is 0 Å². The molecule has 0 spiro atoms. The molecule has 2 unspecified atom stereocenters. The highest BCUT2D eigenvalue weighted by Crippen LogP contribution is 2.09. The van der Waals surface area contributed by atoms with Crippen LogP contribution in [-0.2, 0) is 0 Å². The van der Waals surface area contributed by atoms with Crippen LogP contribution in [0.25, 0.3) is 0 Å². The zero-order valence-corrected chi connectivity index (χ0v) is 10.7. The van der Waals surface area contributed by atoms with Crippen molar-refractivity contribution < 1.29 is 0 Å². The van der Waals surface area contributed by atoms with Crippen LogP contribution in [0, 0.1) is 11.3 Å². The lowest BCUT2D eigenvalue weighted by Crippen LogP contribution is -2.40. The Kier molecular flexibility index (Phi) is 5.75. The van der Waals surface area contributed by atoms with Crippen LogP contribution < -0.4 is 5.32 Å². The van der Waals surface area contributed by atoms with Crippen molar-refractivity contribution in [2.45, 2.75) is 31.8 Å². The Balaban J connectivity index is 2.38.